The van der Waals surface area contributed by atoms with Gasteiger partial charge in [0.2, 0.25) is 0 Å². The van der Waals surface area contributed by atoms with Crippen molar-refractivity contribution in [1.82, 2.24) is 14.5 Å². The smallest absolute Gasteiger partial charge is 0.312 e. The summed E-state index contributed by atoms with van der Waals surface area (Å²) in [7, 11) is 0. The first-order valence-electron chi connectivity index (χ1n) is 5.82. The van der Waals surface area contributed by atoms with Gasteiger partial charge in [-0.05, 0) is 6.42 Å². The lowest BCUT2D eigenvalue weighted by molar-refractivity contribution is 0.529. The zero-order chi connectivity index (χ0) is 12.7. The summed E-state index contributed by atoms with van der Waals surface area (Å²) in [5.74, 6) is 0. The van der Waals surface area contributed by atoms with Gasteiger partial charge in [0.25, 0.3) is 5.56 Å². The molecule has 1 aromatic rings. The highest BCUT2D eigenvalue weighted by atomic mass is 16.2. The summed E-state index contributed by atoms with van der Waals surface area (Å²) in [4.78, 5) is 23.5. The quantitative estimate of drug-likeness (QED) is 0.544. The van der Waals surface area contributed by atoms with Crippen LogP contribution in [0.25, 0.3) is 0 Å². The van der Waals surface area contributed by atoms with E-state index in [-0.39, 0.29) is 11.2 Å². The molecule has 0 saturated heterocycles. The summed E-state index contributed by atoms with van der Waals surface area (Å²) >= 11 is 0. The van der Waals surface area contributed by atoms with Gasteiger partial charge in [-0.15, -0.1) is 6.58 Å². The van der Waals surface area contributed by atoms with Crippen molar-refractivity contribution in [3.8, 4) is 0 Å². The second kappa shape index (κ2) is 6.85. The Morgan fingerprint density at radius 2 is 2.18 bits per heavy atom. The Balaban J connectivity index is 2.82. The van der Waals surface area contributed by atoms with Crippen LogP contribution >= 0.6 is 0 Å². The highest BCUT2D eigenvalue weighted by Gasteiger charge is 2.03. The maximum Gasteiger partial charge on any atom is 0.331 e. The van der Waals surface area contributed by atoms with E-state index in [9.17, 15) is 9.59 Å². The molecule has 1 heterocycles. The van der Waals surface area contributed by atoms with Crippen molar-refractivity contribution in [3.05, 3.63) is 45.8 Å². The summed E-state index contributed by atoms with van der Waals surface area (Å²) in [5, 5.41) is 3.06. The first-order chi connectivity index (χ1) is 8.20. The molecule has 94 valence electrons. The minimum Gasteiger partial charge on any atom is -0.312 e. The summed E-state index contributed by atoms with van der Waals surface area (Å²) in [6.07, 6.45) is 4.16. The van der Waals surface area contributed by atoms with Crippen molar-refractivity contribution in [3.63, 3.8) is 0 Å². The van der Waals surface area contributed by atoms with E-state index in [1.807, 2.05) is 6.92 Å². The molecule has 0 aromatic carbocycles. The predicted octanol–water partition coefficient (Wildman–Crippen LogP) is 0.196. The molecular formula is C12H19N3O2. The summed E-state index contributed by atoms with van der Waals surface area (Å²) in [5.41, 5.74) is -0.484. The van der Waals surface area contributed by atoms with Crippen LogP contribution in [0.4, 0.5) is 0 Å². The van der Waals surface area contributed by atoms with E-state index in [1.165, 1.54) is 10.6 Å². The third-order valence-corrected chi connectivity index (χ3v) is 2.41. The molecule has 0 atom stereocenters. The standard InChI is InChI=1S/C12H19N3O2/c1-3-6-13-7-10-15-11(16)5-9-14(8-4-2)12(15)17/h3,5,9,13H,1,4,6-8,10H2,2H3. The Hall–Kier alpha value is -1.62. The number of nitrogens with zero attached hydrogens (tertiary/aromatic N) is 2. The van der Waals surface area contributed by atoms with Gasteiger partial charge < -0.3 is 9.88 Å². The molecule has 17 heavy (non-hydrogen) atoms. The highest BCUT2D eigenvalue weighted by Crippen LogP contribution is 1.83. The Kier molecular flexibility index (Phi) is 5.42. The molecule has 1 N–H and O–H groups in total. The maximum absolute atomic E-state index is 11.9. The van der Waals surface area contributed by atoms with Crippen LogP contribution in [0.2, 0.25) is 0 Å². The Labute approximate surface area is 100 Å². The molecule has 1 rings (SSSR count). The number of aromatic nitrogens is 2. The first kappa shape index (κ1) is 13.4. The van der Waals surface area contributed by atoms with E-state index in [4.69, 9.17) is 0 Å². The van der Waals surface area contributed by atoms with Gasteiger partial charge >= 0.3 is 5.69 Å². The van der Waals surface area contributed by atoms with Crippen molar-refractivity contribution in [2.24, 2.45) is 0 Å². The zero-order valence-corrected chi connectivity index (χ0v) is 10.2. The fraction of sp³-hybridized carbons (Fsp3) is 0.500. The van der Waals surface area contributed by atoms with Crippen molar-refractivity contribution in [1.29, 1.82) is 0 Å². The minimum absolute atomic E-state index is 0.236. The van der Waals surface area contributed by atoms with Gasteiger partial charge in [-0.1, -0.05) is 13.0 Å². The number of hydrogen-bond donors (Lipinski definition) is 1. The molecule has 1 aromatic heterocycles. The fourth-order valence-corrected chi connectivity index (χ4v) is 1.57. The molecule has 0 spiro atoms. The molecular weight excluding hydrogens is 218 g/mol. The fourth-order valence-electron chi connectivity index (χ4n) is 1.57. The normalized spacial score (nSPS) is 10.4. The van der Waals surface area contributed by atoms with Crippen LogP contribution in [0.1, 0.15) is 13.3 Å². The van der Waals surface area contributed by atoms with Crippen LogP contribution in [-0.4, -0.2) is 22.2 Å². The van der Waals surface area contributed by atoms with Crippen molar-refractivity contribution < 1.29 is 0 Å². The molecule has 0 unspecified atom stereocenters. The van der Waals surface area contributed by atoms with E-state index in [1.54, 1.807) is 16.8 Å². The third kappa shape index (κ3) is 3.71. The molecule has 0 bridgehead atoms. The monoisotopic (exact) mass is 237 g/mol. The lowest BCUT2D eigenvalue weighted by Gasteiger charge is -2.09. The zero-order valence-electron chi connectivity index (χ0n) is 10.2. The molecule has 0 fully saturated rings. The maximum atomic E-state index is 11.9. The van der Waals surface area contributed by atoms with E-state index >= 15 is 0 Å². The van der Waals surface area contributed by atoms with Crippen LogP contribution in [0, 0.1) is 0 Å². The molecule has 0 saturated carbocycles. The van der Waals surface area contributed by atoms with Crippen LogP contribution in [0.5, 0.6) is 0 Å². The summed E-state index contributed by atoms with van der Waals surface area (Å²) in [6.45, 7) is 7.85. The van der Waals surface area contributed by atoms with Crippen molar-refractivity contribution in [2.75, 3.05) is 13.1 Å². The van der Waals surface area contributed by atoms with E-state index in [2.05, 4.69) is 11.9 Å². The van der Waals surface area contributed by atoms with Gasteiger partial charge in [-0.2, -0.15) is 0 Å². The Bertz CT molecular complexity index is 473. The second-order valence-electron chi connectivity index (χ2n) is 3.77. The average molecular weight is 237 g/mol. The molecule has 0 aliphatic rings. The Morgan fingerprint density at radius 3 is 2.82 bits per heavy atom. The van der Waals surface area contributed by atoms with E-state index in [0.717, 1.165) is 6.42 Å². The topological polar surface area (TPSA) is 56.0 Å². The number of nitrogens with one attached hydrogen (secondary N) is 1. The SMILES string of the molecule is C=CCNCCn1c(=O)ccn(CCC)c1=O. The van der Waals surface area contributed by atoms with E-state index < -0.39 is 0 Å². The third-order valence-electron chi connectivity index (χ3n) is 2.41. The highest BCUT2D eigenvalue weighted by molar-refractivity contribution is 4.86. The van der Waals surface area contributed by atoms with Gasteiger partial charge in [-0.25, -0.2) is 4.79 Å². The first-order valence-corrected chi connectivity index (χ1v) is 5.82. The molecule has 0 aliphatic carbocycles. The average Bonchev–Trinajstić information content (AvgIpc) is 2.32. The molecule has 0 aliphatic heterocycles. The van der Waals surface area contributed by atoms with Gasteiger partial charge in [0.05, 0.1) is 0 Å². The van der Waals surface area contributed by atoms with E-state index in [0.29, 0.717) is 26.2 Å². The minimum atomic E-state index is -0.247. The lowest BCUT2D eigenvalue weighted by Crippen LogP contribution is -2.41. The van der Waals surface area contributed by atoms with Gasteiger partial charge in [0.1, 0.15) is 0 Å². The predicted molar refractivity (Wildman–Crippen MR) is 68.3 cm³/mol. The van der Waals surface area contributed by atoms with Crippen LogP contribution in [0.15, 0.2) is 34.5 Å². The Morgan fingerprint density at radius 1 is 1.41 bits per heavy atom. The molecule has 5 nitrogen and oxygen atoms in total. The molecule has 0 radical (unpaired) electrons. The molecule has 5 heteroatoms. The number of rotatable bonds is 7. The van der Waals surface area contributed by atoms with Gasteiger partial charge in [-0.3, -0.25) is 9.36 Å². The van der Waals surface area contributed by atoms with Gasteiger partial charge in [0, 0.05) is 38.4 Å². The van der Waals surface area contributed by atoms with Crippen LogP contribution < -0.4 is 16.6 Å². The van der Waals surface area contributed by atoms with Crippen molar-refractivity contribution >= 4 is 0 Å². The largest absolute Gasteiger partial charge is 0.331 e. The second-order valence-corrected chi connectivity index (χ2v) is 3.77. The number of hydrogen-bond acceptors (Lipinski definition) is 3. The van der Waals surface area contributed by atoms with Crippen LogP contribution in [-0.2, 0) is 13.1 Å². The number of aryl methyl sites for hydroxylation is 1. The summed E-state index contributed by atoms with van der Waals surface area (Å²) < 4.78 is 2.82. The van der Waals surface area contributed by atoms with Crippen LogP contribution in [0.3, 0.4) is 0 Å². The van der Waals surface area contributed by atoms with Gasteiger partial charge in [0.15, 0.2) is 0 Å². The lowest BCUT2D eigenvalue weighted by atomic mass is 10.4. The van der Waals surface area contributed by atoms with Crippen molar-refractivity contribution in [2.45, 2.75) is 26.4 Å². The molecule has 0 amide bonds. The summed E-state index contributed by atoms with van der Waals surface area (Å²) in [6, 6.07) is 1.44.